The van der Waals surface area contributed by atoms with Gasteiger partial charge in [-0.25, -0.2) is 0 Å². The van der Waals surface area contributed by atoms with Crippen LogP contribution in [0.1, 0.15) is 6.92 Å². The molecule has 3 heteroatoms. The van der Waals surface area contributed by atoms with Crippen LogP contribution in [-0.2, 0) is 18.6 Å². The van der Waals surface area contributed by atoms with Crippen molar-refractivity contribution >= 4 is 42.5 Å². The molecule has 0 radical (unpaired) electrons. The first-order chi connectivity index (χ1) is 11.2. The first-order valence-corrected chi connectivity index (χ1v) is 18.4. The van der Waals surface area contributed by atoms with Gasteiger partial charge < -0.3 is 0 Å². The number of fused-ring (bicyclic) bond motifs is 2. The van der Waals surface area contributed by atoms with Gasteiger partial charge >= 0.3 is 46.4 Å². The van der Waals surface area contributed by atoms with E-state index in [2.05, 4.69) is 84.9 Å². The second-order valence-electron chi connectivity index (χ2n) is 4.89. The maximum atomic E-state index is 5.39. The van der Waals surface area contributed by atoms with Gasteiger partial charge in [-0.15, -0.1) is 59.3 Å². The van der Waals surface area contributed by atoms with E-state index in [-0.39, 0.29) is 0 Å². The van der Waals surface area contributed by atoms with Crippen LogP contribution in [0, 0.1) is 0 Å². The van der Waals surface area contributed by atoms with Crippen molar-refractivity contribution in [2.24, 2.45) is 0 Å². The minimum atomic E-state index is -1.88. The van der Waals surface area contributed by atoms with Crippen LogP contribution in [0.3, 0.4) is 0 Å². The SMILES string of the molecule is C[CH]=[Hf]([Cl])[Cl].c1ccc2[cH-]ccc2c1.c1ccc2[cH-]ccc2c1. The molecule has 4 aromatic rings. The molecule has 118 valence electrons. The van der Waals surface area contributed by atoms with E-state index in [1.54, 1.807) is 0 Å². The molecule has 0 fully saturated rings. The monoisotopic (exact) mass is 508 g/mol. The van der Waals surface area contributed by atoms with Gasteiger partial charge in [-0.3, -0.25) is 0 Å². The summed E-state index contributed by atoms with van der Waals surface area (Å²) >= 11 is -1.88. The third kappa shape index (κ3) is 6.18. The minimum absolute atomic E-state index is 1.33. The van der Waals surface area contributed by atoms with E-state index in [1.165, 1.54) is 21.5 Å². The third-order valence-corrected chi connectivity index (χ3v) is 8.45. The summed E-state index contributed by atoms with van der Waals surface area (Å²) in [5.74, 6) is 0. The maximum absolute atomic E-state index is 5.39. The molecule has 0 N–H and O–H groups in total. The van der Waals surface area contributed by atoms with E-state index in [0.29, 0.717) is 0 Å². The van der Waals surface area contributed by atoms with Crippen molar-refractivity contribution in [3.63, 3.8) is 0 Å². The number of halogens is 2. The van der Waals surface area contributed by atoms with Gasteiger partial charge in [0.1, 0.15) is 0 Å². The number of hydrogen-bond acceptors (Lipinski definition) is 0. The molecular formula is C20H18Cl2Hf-2. The van der Waals surface area contributed by atoms with Crippen molar-refractivity contribution in [2.75, 3.05) is 0 Å². The molecule has 0 amide bonds. The predicted octanol–water partition coefficient (Wildman–Crippen LogP) is 6.85. The van der Waals surface area contributed by atoms with Crippen LogP contribution in [-0.4, -0.2) is 3.76 Å². The Hall–Kier alpha value is -1.02. The summed E-state index contributed by atoms with van der Waals surface area (Å²) in [5.41, 5.74) is 0. The first kappa shape index (κ1) is 18.3. The van der Waals surface area contributed by atoms with Crippen LogP contribution >= 0.6 is 17.2 Å². The molecule has 0 aliphatic heterocycles. The van der Waals surface area contributed by atoms with Crippen LogP contribution in [0.4, 0.5) is 0 Å². The molecule has 0 nitrogen and oxygen atoms in total. The smallest absolute Gasteiger partial charge is 0.0809 e. The van der Waals surface area contributed by atoms with Crippen LogP contribution < -0.4 is 0 Å². The zero-order chi connectivity index (χ0) is 16.5. The summed E-state index contributed by atoms with van der Waals surface area (Å²) < 4.78 is 1.91. The Bertz CT molecular complexity index is 741. The molecule has 4 rings (SSSR count). The Kier molecular flexibility index (Phi) is 7.94. The summed E-state index contributed by atoms with van der Waals surface area (Å²) in [4.78, 5) is 0. The molecule has 0 aliphatic rings. The zero-order valence-electron chi connectivity index (χ0n) is 12.9. The van der Waals surface area contributed by atoms with Gasteiger partial charge in [0.15, 0.2) is 0 Å². The van der Waals surface area contributed by atoms with Gasteiger partial charge in [0.2, 0.25) is 0 Å². The van der Waals surface area contributed by atoms with Crippen molar-refractivity contribution < 1.29 is 18.6 Å². The second kappa shape index (κ2) is 9.97. The molecule has 0 bridgehead atoms. The minimum Gasteiger partial charge on any atom is -0.168 e. The van der Waals surface area contributed by atoms with E-state index < -0.39 is 18.6 Å². The summed E-state index contributed by atoms with van der Waals surface area (Å²) in [6.07, 6.45) is 0. The molecular weight excluding hydrogens is 490 g/mol. The Morgan fingerprint density at radius 3 is 1.48 bits per heavy atom. The van der Waals surface area contributed by atoms with E-state index >= 15 is 0 Å². The molecule has 0 atom stereocenters. The summed E-state index contributed by atoms with van der Waals surface area (Å²) in [5, 5.41) is 5.32. The molecule has 4 aromatic carbocycles. The summed E-state index contributed by atoms with van der Waals surface area (Å²) in [7, 11) is 10.8. The van der Waals surface area contributed by atoms with Crippen molar-refractivity contribution in [1.82, 2.24) is 0 Å². The Morgan fingerprint density at radius 2 is 1.13 bits per heavy atom. The predicted molar refractivity (Wildman–Crippen MR) is 103 cm³/mol. The zero-order valence-corrected chi connectivity index (χ0v) is 18.0. The Labute approximate surface area is 152 Å². The van der Waals surface area contributed by atoms with Gasteiger partial charge in [-0.2, -0.15) is 35.0 Å². The number of rotatable bonds is 0. The van der Waals surface area contributed by atoms with Crippen molar-refractivity contribution in [2.45, 2.75) is 6.92 Å². The third-order valence-electron chi connectivity index (χ3n) is 3.31. The molecule has 0 saturated carbocycles. The molecule has 0 spiro atoms. The Balaban J connectivity index is 0.000000132. The molecule has 0 saturated heterocycles. The Morgan fingerprint density at radius 1 is 0.739 bits per heavy atom. The van der Waals surface area contributed by atoms with Gasteiger partial charge in [0.05, 0.1) is 0 Å². The summed E-state index contributed by atoms with van der Waals surface area (Å²) in [6.45, 7) is 1.90. The maximum Gasteiger partial charge on any atom is -0.0809 e. The van der Waals surface area contributed by atoms with E-state index in [0.717, 1.165) is 0 Å². The molecule has 0 unspecified atom stereocenters. The van der Waals surface area contributed by atoms with Gasteiger partial charge in [0.25, 0.3) is 0 Å². The average molecular weight is 508 g/mol. The van der Waals surface area contributed by atoms with Gasteiger partial charge in [-0.05, 0) is 0 Å². The molecule has 0 aliphatic carbocycles. The quantitative estimate of drug-likeness (QED) is 0.180. The fourth-order valence-electron chi connectivity index (χ4n) is 2.14. The van der Waals surface area contributed by atoms with Crippen LogP contribution in [0.5, 0.6) is 0 Å². The van der Waals surface area contributed by atoms with Crippen LogP contribution in [0.2, 0.25) is 0 Å². The van der Waals surface area contributed by atoms with Crippen molar-refractivity contribution in [3.05, 3.63) is 84.9 Å². The van der Waals surface area contributed by atoms with E-state index in [1.807, 2.05) is 10.7 Å². The first-order valence-electron chi connectivity index (χ1n) is 7.39. The van der Waals surface area contributed by atoms with E-state index in [4.69, 9.17) is 17.2 Å². The molecule has 23 heavy (non-hydrogen) atoms. The van der Waals surface area contributed by atoms with Gasteiger partial charge in [-0.1, -0.05) is 12.1 Å². The van der Waals surface area contributed by atoms with Crippen molar-refractivity contribution in [1.29, 1.82) is 0 Å². The second-order valence-corrected chi connectivity index (χ2v) is 17.3. The fraction of sp³-hybridized carbons (Fsp3) is 0.0500. The normalized spacial score (nSPS) is 9.52. The number of hydrogen-bond donors (Lipinski definition) is 0. The van der Waals surface area contributed by atoms with Crippen LogP contribution in [0.25, 0.3) is 21.5 Å². The summed E-state index contributed by atoms with van der Waals surface area (Å²) in [6, 6.07) is 29.3. The average Bonchev–Trinajstić information content (AvgIpc) is 3.24. The van der Waals surface area contributed by atoms with Crippen LogP contribution in [0.15, 0.2) is 84.9 Å². The molecule has 0 aromatic heterocycles. The van der Waals surface area contributed by atoms with Gasteiger partial charge in [0, 0.05) is 0 Å². The van der Waals surface area contributed by atoms with E-state index in [9.17, 15) is 0 Å². The molecule has 0 heterocycles. The van der Waals surface area contributed by atoms with Crippen molar-refractivity contribution in [3.8, 4) is 0 Å². The fourth-order valence-corrected chi connectivity index (χ4v) is 2.14. The topological polar surface area (TPSA) is 0 Å². The largest absolute Gasteiger partial charge is 0.168 e. The standard InChI is InChI=1S/2C9H7.C2H4.2ClH.Hf/c2*1-2-5-9-7-3-6-8(9)4-1;1-2;;;/h2*1-7H;1H,2H3;2*1H;/q2*-1;;;;+2/p-2. The number of benzene rings is 2.